The summed E-state index contributed by atoms with van der Waals surface area (Å²) in [6.07, 6.45) is 3.66. The summed E-state index contributed by atoms with van der Waals surface area (Å²) in [6.45, 7) is 4.96. The fraction of sp³-hybridized carbons (Fsp3) is 0.500. The molecule has 1 fully saturated rings. The number of ether oxygens (including phenoxy) is 1. The van der Waals surface area contributed by atoms with Crippen LogP contribution in [0.3, 0.4) is 0 Å². The standard InChI is InChI=1S/C20H29N5O2.HI/c1-16-7-10-25(24-16)18-6-4-3-5-17(18)13-22-19(21-2)23-14-20(8-11-26)9-12-27-15-20;/h3-7,10,26H,8-9,11-15H2,1-2H3,(H2,21,22,23);1H. The van der Waals surface area contributed by atoms with Gasteiger partial charge in [-0.2, -0.15) is 5.10 Å². The zero-order valence-electron chi connectivity index (χ0n) is 16.5. The van der Waals surface area contributed by atoms with Crippen molar-refractivity contribution in [1.29, 1.82) is 0 Å². The van der Waals surface area contributed by atoms with E-state index in [1.807, 2.05) is 36.0 Å². The quantitative estimate of drug-likeness (QED) is 0.309. The van der Waals surface area contributed by atoms with Crippen molar-refractivity contribution in [3.05, 3.63) is 47.8 Å². The Balaban J connectivity index is 0.00000280. The second kappa shape index (κ2) is 10.8. The van der Waals surface area contributed by atoms with Gasteiger partial charge in [0.2, 0.25) is 0 Å². The molecule has 2 aromatic rings. The third-order valence-corrected chi connectivity index (χ3v) is 5.09. The first-order valence-corrected chi connectivity index (χ1v) is 9.39. The topological polar surface area (TPSA) is 83.7 Å². The molecule has 154 valence electrons. The minimum absolute atomic E-state index is 0. The summed E-state index contributed by atoms with van der Waals surface area (Å²) in [5, 5.41) is 20.7. The Morgan fingerprint density at radius 2 is 2.14 bits per heavy atom. The fourth-order valence-corrected chi connectivity index (χ4v) is 3.42. The predicted molar refractivity (Wildman–Crippen MR) is 121 cm³/mol. The summed E-state index contributed by atoms with van der Waals surface area (Å²) in [5.41, 5.74) is 3.16. The van der Waals surface area contributed by atoms with E-state index in [0.717, 1.165) is 48.9 Å². The summed E-state index contributed by atoms with van der Waals surface area (Å²) in [4.78, 5) is 4.33. The minimum Gasteiger partial charge on any atom is -0.396 e. The van der Waals surface area contributed by atoms with Crippen LogP contribution in [0.1, 0.15) is 24.1 Å². The highest BCUT2D eigenvalue weighted by Crippen LogP contribution is 2.31. The number of hydrogen-bond donors (Lipinski definition) is 3. The Morgan fingerprint density at radius 1 is 1.32 bits per heavy atom. The van der Waals surface area contributed by atoms with Crippen molar-refractivity contribution in [1.82, 2.24) is 20.4 Å². The van der Waals surface area contributed by atoms with Crippen LogP contribution in [0, 0.1) is 12.3 Å². The summed E-state index contributed by atoms with van der Waals surface area (Å²) < 4.78 is 7.45. The maximum absolute atomic E-state index is 9.37. The Morgan fingerprint density at radius 3 is 2.79 bits per heavy atom. The lowest BCUT2D eigenvalue weighted by Gasteiger charge is -2.27. The van der Waals surface area contributed by atoms with Gasteiger partial charge >= 0.3 is 0 Å². The molecule has 1 atom stereocenters. The summed E-state index contributed by atoms with van der Waals surface area (Å²) in [6, 6.07) is 10.2. The van der Waals surface area contributed by atoms with E-state index in [2.05, 4.69) is 32.9 Å². The number of rotatable bonds is 7. The highest BCUT2D eigenvalue weighted by Gasteiger charge is 2.34. The first-order chi connectivity index (χ1) is 13.2. The van der Waals surface area contributed by atoms with E-state index >= 15 is 0 Å². The molecule has 0 amide bonds. The first kappa shape index (κ1) is 22.6. The second-order valence-electron chi connectivity index (χ2n) is 7.09. The van der Waals surface area contributed by atoms with Crippen LogP contribution in [-0.2, 0) is 11.3 Å². The van der Waals surface area contributed by atoms with E-state index in [9.17, 15) is 5.11 Å². The van der Waals surface area contributed by atoms with Crippen molar-refractivity contribution in [2.45, 2.75) is 26.3 Å². The number of nitrogens with one attached hydrogen (secondary N) is 2. The molecule has 1 aliphatic heterocycles. The molecule has 0 spiro atoms. The molecule has 1 aromatic carbocycles. The van der Waals surface area contributed by atoms with E-state index in [0.29, 0.717) is 13.2 Å². The van der Waals surface area contributed by atoms with E-state index in [1.165, 1.54) is 0 Å². The van der Waals surface area contributed by atoms with Crippen molar-refractivity contribution in [2.24, 2.45) is 10.4 Å². The van der Waals surface area contributed by atoms with Crippen LogP contribution in [0.2, 0.25) is 0 Å². The molecular formula is C20H30IN5O2. The van der Waals surface area contributed by atoms with Crippen LogP contribution in [0.25, 0.3) is 5.69 Å². The van der Waals surface area contributed by atoms with E-state index in [1.54, 1.807) is 7.05 Å². The number of benzene rings is 1. The van der Waals surface area contributed by atoms with Gasteiger partial charge in [-0.1, -0.05) is 18.2 Å². The molecule has 8 heteroatoms. The zero-order chi connectivity index (χ0) is 19.1. The number of aliphatic hydroxyl groups is 1. The number of guanidine groups is 1. The maximum atomic E-state index is 9.37. The molecule has 0 saturated carbocycles. The summed E-state index contributed by atoms with van der Waals surface area (Å²) in [5.74, 6) is 0.741. The molecule has 0 bridgehead atoms. The van der Waals surface area contributed by atoms with Gasteiger partial charge < -0.3 is 20.5 Å². The van der Waals surface area contributed by atoms with E-state index < -0.39 is 0 Å². The zero-order valence-corrected chi connectivity index (χ0v) is 18.8. The molecule has 3 rings (SSSR count). The van der Waals surface area contributed by atoms with Gasteiger partial charge in [-0.25, -0.2) is 4.68 Å². The van der Waals surface area contributed by atoms with Gasteiger partial charge in [-0.05, 0) is 37.5 Å². The molecule has 1 saturated heterocycles. The first-order valence-electron chi connectivity index (χ1n) is 9.39. The van der Waals surface area contributed by atoms with Crippen molar-refractivity contribution in [3.8, 4) is 5.69 Å². The van der Waals surface area contributed by atoms with Gasteiger partial charge in [0, 0.05) is 45.0 Å². The molecule has 28 heavy (non-hydrogen) atoms. The van der Waals surface area contributed by atoms with Crippen molar-refractivity contribution >= 4 is 29.9 Å². The van der Waals surface area contributed by atoms with E-state index in [4.69, 9.17) is 4.74 Å². The minimum atomic E-state index is -0.0170. The van der Waals surface area contributed by atoms with E-state index in [-0.39, 0.29) is 36.0 Å². The monoisotopic (exact) mass is 499 g/mol. The Bertz CT molecular complexity index is 771. The smallest absolute Gasteiger partial charge is 0.191 e. The fourth-order valence-electron chi connectivity index (χ4n) is 3.42. The average Bonchev–Trinajstić information content (AvgIpc) is 3.32. The number of aliphatic imine (C=N–C) groups is 1. The third kappa shape index (κ3) is 5.68. The molecular weight excluding hydrogens is 469 g/mol. The lowest BCUT2D eigenvalue weighted by atomic mass is 9.84. The molecule has 1 unspecified atom stereocenters. The number of nitrogens with zero attached hydrogens (tertiary/aromatic N) is 3. The molecule has 7 nitrogen and oxygen atoms in total. The van der Waals surface area contributed by atoms with Crippen LogP contribution < -0.4 is 10.6 Å². The van der Waals surface area contributed by atoms with Gasteiger partial charge in [-0.3, -0.25) is 4.99 Å². The van der Waals surface area contributed by atoms with Gasteiger partial charge in [0.05, 0.1) is 18.0 Å². The molecule has 2 heterocycles. The molecule has 3 N–H and O–H groups in total. The van der Waals surface area contributed by atoms with Gasteiger partial charge in [0.1, 0.15) is 0 Å². The molecule has 1 aromatic heterocycles. The predicted octanol–water partition coefficient (Wildman–Crippen LogP) is 2.25. The largest absolute Gasteiger partial charge is 0.396 e. The Labute approximate surface area is 183 Å². The number of aryl methyl sites for hydroxylation is 1. The van der Waals surface area contributed by atoms with Gasteiger partial charge in [-0.15, -0.1) is 24.0 Å². The lowest BCUT2D eigenvalue weighted by Crippen LogP contribution is -2.44. The van der Waals surface area contributed by atoms with Crippen LogP contribution in [0.5, 0.6) is 0 Å². The van der Waals surface area contributed by atoms with Crippen molar-refractivity contribution in [2.75, 3.05) is 33.4 Å². The summed E-state index contributed by atoms with van der Waals surface area (Å²) >= 11 is 0. The highest BCUT2D eigenvalue weighted by molar-refractivity contribution is 14.0. The number of aliphatic hydroxyl groups excluding tert-OH is 1. The Hall–Kier alpha value is -1.65. The lowest BCUT2D eigenvalue weighted by molar-refractivity contribution is 0.127. The number of aromatic nitrogens is 2. The molecule has 0 radical (unpaired) electrons. The third-order valence-electron chi connectivity index (χ3n) is 5.09. The number of para-hydroxylation sites is 1. The molecule has 0 aliphatic carbocycles. The number of hydrogen-bond acceptors (Lipinski definition) is 4. The second-order valence-corrected chi connectivity index (χ2v) is 7.09. The highest BCUT2D eigenvalue weighted by atomic mass is 127. The summed E-state index contributed by atoms with van der Waals surface area (Å²) in [7, 11) is 1.77. The maximum Gasteiger partial charge on any atom is 0.191 e. The normalized spacial score (nSPS) is 19.3. The van der Waals surface area contributed by atoms with Crippen molar-refractivity contribution in [3.63, 3.8) is 0 Å². The van der Waals surface area contributed by atoms with Crippen molar-refractivity contribution < 1.29 is 9.84 Å². The van der Waals surface area contributed by atoms with Gasteiger partial charge in [0.15, 0.2) is 5.96 Å². The number of halogens is 1. The van der Waals surface area contributed by atoms with Gasteiger partial charge in [0.25, 0.3) is 0 Å². The van der Waals surface area contributed by atoms with Crippen LogP contribution in [0.15, 0.2) is 41.5 Å². The Kier molecular flexibility index (Phi) is 8.71. The van der Waals surface area contributed by atoms with Crippen LogP contribution in [-0.4, -0.2) is 54.3 Å². The van der Waals surface area contributed by atoms with Crippen LogP contribution in [0.4, 0.5) is 0 Å². The molecule has 1 aliphatic rings. The SMILES string of the molecule is CN=C(NCc1ccccc1-n1ccc(C)n1)NCC1(CCO)CCOC1.I. The van der Waals surface area contributed by atoms with Crippen LogP contribution >= 0.6 is 24.0 Å². The average molecular weight is 499 g/mol.